The van der Waals surface area contributed by atoms with Crippen molar-refractivity contribution in [2.45, 2.75) is 51.5 Å². The van der Waals surface area contributed by atoms with E-state index in [4.69, 9.17) is 9.97 Å². The zero-order valence-electron chi connectivity index (χ0n) is 34.9. The summed E-state index contributed by atoms with van der Waals surface area (Å²) in [6.45, 7) is 9.40. The molecule has 0 bridgehead atoms. The van der Waals surface area contributed by atoms with E-state index >= 15 is 0 Å². The predicted molar refractivity (Wildman–Crippen MR) is 253 cm³/mol. The molecule has 0 saturated carbocycles. The van der Waals surface area contributed by atoms with Gasteiger partial charge in [0, 0.05) is 44.0 Å². The number of benzene rings is 7. The Morgan fingerprint density at radius 1 is 0.656 bits per heavy atom. The Labute approximate surface area is 355 Å². The van der Waals surface area contributed by atoms with Gasteiger partial charge in [-0.2, -0.15) is 0 Å². The van der Waals surface area contributed by atoms with Crippen LogP contribution in [0, 0.1) is 5.92 Å². The molecule has 4 aliphatic rings. The van der Waals surface area contributed by atoms with Gasteiger partial charge in [-0.25, -0.2) is 9.97 Å². The molecule has 0 N–H and O–H groups in total. The molecule has 1 aliphatic heterocycles. The van der Waals surface area contributed by atoms with Crippen LogP contribution in [0.2, 0.25) is 0 Å². The summed E-state index contributed by atoms with van der Waals surface area (Å²) in [5, 5.41) is 6.18. The fourth-order valence-corrected chi connectivity index (χ4v) is 11.6. The van der Waals surface area contributed by atoms with Crippen LogP contribution >= 0.6 is 0 Å². The van der Waals surface area contributed by atoms with Crippen molar-refractivity contribution in [3.05, 3.63) is 190 Å². The molecule has 3 aliphatic carbocycles. The van der Waals surface area contributed by atoms with Gasteiger partial charge in [0.15, 0.2) is 0 Å². The van der Waals surface area contributed by atoms with Crippen LogP contribution < -0.4 is 15.3 Å². The molecular formula is C57H44N4. The molecule has 2 unspecified atom stereocenters. The maximum atomic E-state index is 5.65. The maximum Gasteiger partial charge on any atom is 0.231 e. The number of aromatic nitrogens is 3. The van der Waals surface area contributed by atoms with Crippen LogP contribution in [0.4, 0.5) is 11.6 Å². The van der Waals surface area contributed by atoms with E-state index < -0.39 is 5.54 Å². The molecule has 4 heteroatoms. The van der Waals surface area contributed by atoms with Crippen molar-refractivity contribution in [2.24, 2.45) is 5.92 Å². The average Bonchev–Trinajstić information content (AvgIpc) is 3.85. The Kier molecular flexibility index (Phi) is 7.00. The minimum absolute atomic E-state index is 0.119. The first-order valence-corrected chi connectivity index (χ1v) is 21.8. The van der Waals surface area contributed by atoms with Crippen molar-refractivity contribution in [1.82, 2.24) is 14.5 Å². The van der Waals surface area contributed by atoms with E-state index in [-0.39, 0.29) is 5.41 Å². The molecule has 2 atom stereocenters. The van der Waals surface area contributed by atoms with E-state index in [0.29, 0.717) is 5.92 Å². The minimum atomic E-state index is -0.435. The van der Waals surface area contributed by atoms with E-state index in [2.05, 4.69) is 201 Å². The average molecular weight is 785 g/mol. The lowest BCUT2D eigenvalue weighted by Crippen LogP contribution is -2.47. The highest BCUT2D eigenvalue weighted by Gasteiger charge is 2.47. The third-order valence-electron chi connectivity index (χ3n) is 14.5. The van der Waals surface area contributed by atoms with E-state index in [1.165, 1.54) is 76.8 Å². The monoisotopic (exact) mass is 784 g/mol. The van der Waals surface area contributed by atoms with E-state index in [9.17, 15) is 0 Å². The van der Waals surface area contributed by atoms with Crippen LogP contribution in [-0.4, -0.2) is 20.1 Å². The first kappa shape index (κ1) is 34.8. The van der Waals surface area contributed by atoms with Crippen LogP contribution in [-0.2, 0) is 11.8 Å². The van der Waals surface area contributed by atoms with E-state index in [1.807, 2.05) is 0 Å². The highest BCUT2D eigenvalue weighted by atomic mass is 15.3. The third-order valence-corrected chi connectivity index (χ3v) is 14.5. The number of anilines is 2. The molecule has 3 heterocycles. The lowest BCUT2D eigenvalue weighted by Gasteiger charge is -2.37. The van der Waals surface area contributed by atoms with Gasteiger partial charge in [0.25, 0.3) is 0 Å². The molecule has 61 heavy (non-hydrogen) atoms. The molecule has 0 amide bonds. The van der Waals surface area contributed by atoms with Crippen LogP contribution in [0.1, 0.15) is 61.9 Å². The van der Waals surface area contributed by atoms with Crippen molar-refractivity contribution in [3.63, 3.8) is 0 Å². The van der Waals surface area contributed by atoms with Gasteiger partial charge >= 0.3 is 0 Å². The van der Waals surface area contributed by atoms with Gasteiger partial charge in [-0.3, -0.25) is 4.90 Å². The number of para-hydroxylation sites is 2. The number of nitrogens with zero attached hydrogens (tertiary/aromatic N) is 4. The zero-order chi connectivity index (χ0) is 40.8. The van der Waals surface area contributed by atoms with Crippen LogP contribution in [0.3, 0.4) is 0 Å². The van der Waals surface area contributed by atoms with Crippen LogP contribution in [0.5, 0.6) is 0 Å². The standard InChI is InChI=1S/C57H44N4/c1-34-21-25-40-36(31-34)22-27-44-43-16-9-12-20-50(43)60(54(40)44)38-24-28-51-46(33-38)52-39-14-6-5-13-35(39)29-30-57(52,4)61(51)55-58-49-19-11-8-17-45(49)53(59-55)37-23-26-42-41-15-7-10-18-47(41)56(2,3)48(42)32-37/h5-29,32-34H,30-31H2,1-4H3. The summed E-state index contributed by atoms with van der Waals surface area (Å²) < 4.78 is 2.52. The Hall–Kier alpha value is -7.04. The van der Waals surface area contributed by atoms with Gasteiger partial charge < -0.3 is 4.57 Å². The van der Waals surface area contributed by atoms with Gasteiger partial charge in [0.2, 0.25) is 5.95 Å². The van der Waals surface area contributed by atoms with Crippen molar-refractivity contribution in [3.8, 4) is 28.1 Å². The van der Waals surface area contributed by atoms with Gasteiger partial charge in [0.05, 0.1) is 33.5 Å². The molecule has 2 aromatic heterocycles. The molecule has 4 nitrogen and oxygen atoms in total. The Morgan fingerprint density at radius 3 is 2.36 bits per heavy atom. The minimum Gasteiger partial charge on any atom is -0.309 e. The molecule has 9 aromatic rings. The summed E-state index contributed by atoms with van der Waals surface area (Å²) in [5.41, 5.74) is 17.9. The molecule has 0 saturated heterocycles. The first-order chi connectivity index (χ1) is 29.8. The van der Waals surface area contributed by atoms with Gasteiger partial charge in [-0.1, -0.05) is 148 Å². The topological polar surface area (TPSA) is 34.0 Å². The number of rotatable bonds is 3. The van der Waals surface area contributed by atoms with Crippen LogP contribution in [0.15, 0.2) is 152 Å². The van der Waals surface area contributed by atoms with Crippen molar-refractivity contribution in [1.29, 1.82) is 0 Å². The van der Waals surface area contributed by atoms with Crippen molar-refractivity contribution < 1.29 is 0 Å². The number of fused-ring (bicyclic) bond motifs is 13. The maximum absolute atomic E-state index is 5.65. The van der Waals surface area contributed by atoms with Crippen molar-refractivity contribution in [2.75, 3.05) is 4.90 Å². The highest BCUT2D eigenvalue weighted by Crippen LogP contribution is 2.54. The fraction of sp³-hybridized carbons (Fsp3) is 0.158. The predicted octanol–water partition coefficient (Wildman–Crippen LogP) is 12.2. The smallest absolute Gasteiger partial charge is 0.231 e. The summed E-state index contributed by atoms with van der Waals surface area (Å²) >= 11 is 0. The summed E-state index contributed by atoms with van der Waals surface area (Å²) in [4.78, 5) is 13.6. The second-order valence-corrected chi connectivity index (χ2v) is 18.4. The SMILES string of the molecule is CC1C=Cc2c(ccc3c4ccccc4n(-c4ccc5c(c4)C4=c6ccccc6=CCC4(C)N5c4nc(-c5ccc6c(c5)C(C)(C)c5ccccc5-6)c5ccccc5n4)c23)C1. The van der Waals surface area contributed by atoms with Gasteiger partial charge in [-0.15, -0.1) is 0 Å². The zero-order valence-corrected chi connectivity index (χ0v) is 34.9. The number of hydrogen-bond donors (Lipinski definition) is 0. The Balaban J connectivity index is 1.06. The molecule has 0 spiro atoms. The molecule has 7 aromatic carbocycles. The summed E-state index contributed by atoms with van der Waals surface area (Å²) in [5.74, 6) is 1.25. The van der Waals surface area contributed by atoms with Gasteiger partial charge in [-0.05, 0) is 106 Å². The quantitative estimate of drug-likeness (QED) is 0.179. The van der Waals surface area contributed by atoms with Gasteiger partial charge in [0.1, 0.15) is 0 Å². The molecule has 0 radical (unpaired) electrons. The number of allylic oxidation sites excluding steroid dienone is 1. The number of hydrogen-bond acceptors (Lipinski definition) is 3. The molecule has 0 fully saturated rings. The van der Waals surface area contributed by atoms with E-state index in [1.54, 1.807) is 0 Å². The lowest BCUT2D eigenvalue weighted by molar-refractivity contribution is 0.607. The van der Waals surface area contributed by atoms with Crippen LogP contribution in [0.25, 0.3) is 78.5 Å². The second kappa shape index (κ2) is 12.3. The molecule has 292 valence electrons. The first-order valence-electron chi connectivity index (χ1n) is 21.8. The lowest BCUT2D eigenvalue weighted by atomic mass is 9.81. The fourth-order valence-electron chi connectivity index (χ4n) is 11.6. The molecular weight excluding hydrogens is 741 g/mol. The van der Waals surface area contributed by atoms with E-state index in [0.717, 1.165) is 52.3 Å². The largest absolute Gasteiger partial charge is 0.309 e. The highest BCUT2D eigenvalue weighted by molar-refractivity contribution is 6.12. The summed E-state index contributed by atoms with van der Waals surface area (Å²) in [6, 6.07) is 54.0. The molecule has 13 rings (SSSR count). The summed E-state index contributed by atoms with van der Waals surface area (Å²) in [7, 11) is 0. The van der Waals surface area contributed by atoms with Crippen molar-refractivity contribution >= 4 is 62.1 Å². The second-order valence-electron chi connectivity index (χ2n) is 18.4. The Bertz CT molecular complexity index is 3570. The normalized spacial score (nSPS) is 19.0. The summed E-state index contributed by atoms with van der Waals surface area (Å²) in [6.07, 6.45) is 9.03. The Morgan fingerprint density at radius 2 is 1.44 bits per heavy atom. The third kappa shape index (κ3) is 4.71.